The molecule has 3 N–H and O–H groups in total. The van der Waals surface area contributed by atoms with Gasteiger partial charge in [0.05, 0.1) is 0 Å². The van der Waals surface area contributed by atoms with E-state index in [1.807, 2.05) is 0 Å². The highest BCUT2D eigenvalue weighted by Gasteiger charge is 2.20. The van der Waals surface area contributed by atoms with E-state index in [2.05, 4.69) is 38.3 Å². The molecule has 0 bridgehead atoms. The normalized spacial score (nSPS) is 12.8. The van der Waals surface area contributed by atoms with Gasteiger partial charge in [-0.3, -0.25) is 4.79 Å². The van der Waals surface area contributed by atoms with Crippen LogP contribution in [-0.2, 0) is 4.79 Å². The van der Waals surface area contributed by atoms with E-state index in [1.54, 1.807) is 0 Å². The molecule has 0 saturated carbocycles. The Kier molecular flexibility index (Phi) is 8.19. The number of carbonyl (C=O) groups is 2. The fourth-order valence-corrected chi connectivity index (χ4v) is 1.39. The largest absolute Gasteiger partial charge is 0.481 e. The van der Waals surface area contributed by atoms with Gasteiger partial charge in [-0.25, -0.2) is 4.79 Å². The van der Waals surface area contributed by atoms with Crippen molar-refractivity contribution >= 4 is 12.0 Å². The Hall–Kier alpha value is -1.26. The van der Waals surface area contributed by atoms with E-state index in [0.717, 1.165) is 12.8 Å². The Morgan fingerprint density at radius 2 is 1.74 bits per heavy atom. The minimum atomic E-state index is -0.762. The van der Waals surface area contributed by atoms with Crippen LogP contribution in [0, 0.1) is 11.3 Å². The van der Waals surface area contributed by atoms with Crippen molar-refractivity contribution in [1.82, 2.24) is 10.6 Å². The molecule has 19 heavy (non-hydrogen) atoms. The molecule has 0 aromatic heterocycles. The summed E-state index contributed by atoms with van der Waals surface area (Å²) in [5.41, 5.74) is 0.185. The lowest BCUT2D eigenvalue weighted by molar-refractivity contribution is -0.137. The van der Waals surface area contributed by atoms with Gasteiger partial charge in [-0.15, -0.1) is 0 Å². The maximum Gasteiger partial charge on any atom is 0.314 e. The summed E-state index contributed by atoms with van der Waals surface area (Å²) < 4.78 is 0. The molecule has 0 aromatic carbocycles. The third kappa shape index (κ3) is 10.4. The van der Waals surface area contributed by atoms with Crippen molar-refractivity contribution < 1.29 is 14.7 Å². The molecule has 0 saturated heterocycles. The standard InChI is InChI=1S/C14H28N2O3/c1-11(14(2,3)4)10-16-13(19)15-9-7-5-6-8-12(17)18/h11H,5-10H2,1-4H3,(H,17,18)(H2,15,16,19). The SMILES string of the molecule is CC(CNC(=O)NCCCCCC(=O)O)C(C)(C)C. The average molecular weight is 272 g/mol. The summed E-state index contributed by atoms with van der Waals surface area (Å²) in [7, 11) is 0. The molecule has 0 spiro atoms. The highest BCUT2D eigenvalue weighted by Crippen LogP contribution is 2.24. The molecular weight excluding hydrogens is 244 g/mol. The summed E-state index contributed by atoms with van der Waals surface area (Å²) in [5, 5.41) is 14.1. The van der Waals surface area contributed by atoms with Crippen LogP contribution in [0.3, 0.4) is 0 Å². The Balaban J connectivity index is 3.53. The number of urea groups is 1. The second kappa shape index (κ2) is 8.77. The number of rotatable bonds is 8. The van der Waals surface area contributed by atoms with Gasteiger partial charge >= 0.3 is 12.0 Å². The van der Waals surface area contributed by atoms with E-state index < -0.39 is 5.97 Å². The van der Waals surface area contributed by atoms with Crippen molar-refractivity contribution in [3.05, 3.63) is 0 Å². The smallest absolute Gasteiger partial charge is 0.314 e. The molecule has 0 aliphatic carbocycles. The molecule has 5 nitrogen and oxygen atoms in total. The van der Waals surface area contributed by atoms with E-state index in [4.69, 9.17) is 5.11 Å². The highest BCUT2D eigenvalue weighted by atomic mass is 16.4. The van der Waals surface area contributed by atoms with E-state index in [0.29, 0.717) is 25.4 Å². The van der Waals surface area contributed by atoms with Gasteiger partial charge in [0.1, 0.15) is 0 Å². The Labute approximate surface area is 116 Å². The second-order valence-corrected chi connectivity index (χ2v) is 6.11. The van der Waals surface area contributed by atoms with Gasteiger partial charge < -0.3 is 15.7 Å². The molecule has 1 unspecified atom stereocenters. The van der Waals surface area contributed by atoms with Crippen LogP contribution in [0.15, 0.2) is 0 Å². The van der Waals surface area contributed by atoms with Gasteiger partial charge in [-0.1, -0.05) is 34.1 Å². The number of nitrogens with one attached hydrogen (secondary N) is 2. The summed E-state index contributed by atoms with van der Waals surface area (Å²) >= 11 is 0. The minimum Gasteiger partial charge on any atom is -0.481 e. The van der Waals surface area contributed by atoms with Crippen molar-refractivity contribution in [2.45, 2.75) is 53.4 Å². The third-order valence-electron chi connectivity index (χ3n) is 3.40. The quantitative estimate of drug-likeness (QED) is 0.594. The number of carboxylic acid groups (broad SMARTS) is 1. The molecule has 0 aromatic rings. The zero-order valence-corrected chi connectivity index (χ0v) is 12.6. The van der Waals surface area contributed by atoms with E-state index in [9.17, 15) is 9.59 Å². The number of unbranched alkanes of at least 4 members (excludes halogenated alkanes) is 2. The molecule has 0 aliphatic rings. The maximum atomic E-state index is 11.5. The number of aliphatic carboxylic acids is 1. The lowest BCUT2D eigenvalue weighted by atomic mass is 9.82. The van der Waals surface area contributed by atoms with Crippen molar-refractivity contribution in [2.24, 2.45) is 11.3 Å². The number of carbonyl (C=O) groups excluding carboxylic acids is 1. The molecule has 2 amide bonds. The number of carboxylic acids is 1. The molecule has 1 atom stereocenters. The number of hydrogen-bond acceptors (Lipinski definition) is 2. The van der Waals surface area contributed by atoms with Gasteiger partial charge in [-0.2, -0.15) is 0 Å². The van der Waals surface area contributed by atoms with Gasteiger partial charge in [-0.05, 0) is 24.2 Å². The Morgan fingerprint density at radius 1 is 1.11 bits per heavy atom. The summed E-state index contributed by atoms with van der Waals surface area (Å²) in [6.45, 7) is 9.83. The molecular formula is C14H28N2O3. The monoisotopic (exact) mass is 272 g/mol. The first-order chi connectivity index (χ1) is 8.73. The maximum absolute atomic E-state index is 11.5. The van der Waals surface area contributed by atoms with Crippen LogP contribution in [0.4, 0.5) is 4.79 Å². The van der Waals surface area contributed by atoms with Crippen LogP contribution in [0.1, 0.15) is 53.4 Å². The van der Waals surface area contributed by atoms with Crippen molar-refractivity contribution in [3.63, 3.8) is 0 Å². The predicted octanol–water partition coefficient (Wildman–Crippen LogP) is 2.61. The van der Waals surface area contributed by atoms with Crippen LogP contribution in [0.5, 0.6) is 0 Å². The lowest BCUT2D eigenvalue weighted by Crippen LogP contribution is -2.40. The van der Waals surface area contributed by atoms with Gasteiger partial charge in [0.2, 0.25) is 0 Å². The molecule has 0 aliphatic heterocycles. The molecule has 0 heterocycles. The van der Waals surface area contributed by atoms with E-state index in [-0.39, 0.29) is 17.9 Å². The fraction of sp³-hybridized carbons (Fsp3) is 0.857. The van der Waals surface area contributed by atoms with E-state index in [1.165, 1.54) is 0 Å². The fourth-order valence-electron chi connectivity index (χ4n) is 1.39. The van der Waals surface area contributed by atoms with Gasteiger partial charge in [0.25, 0.3) is 0 Å². The third-order valence-corrected chi connectivity index (χ3v) is 3.40. The number of hydrogen-bond donors (Lipinski definition) is 3. The predicted molar refractivity (Wildman–Crippen MR) is 76.1 cm³/mol. The topological polar surface area (TPSA) is 78.4 Å². The highest BCUT2D eigenvalue weighted by molar-refractivity contribution is 5.73. The summed E-state index contributed by atoms with van der Waals surface area (Å²) in [6.07, 6.45) is 2.51. The zero-order chi connectivity index (χ0) is 14.9. The second-order valence-electron chi connectivity index (χ2n) is 6.11. The van der Waals surface area contributed by atoms with Crippen LogP contribution in [0.25, 0.3) is 0 Å². The molecule has 0 radical (unpaired) electrons. The first-order valence-electron chi connectivity index (χ1n) is 6.97. The zero-order valence-electron chi connectivity index (χ0n) is 12.6. The summed E-state index contributed by atoms with van der Waals surface area (Å²) in [5.74, 6) is -0.351. The first-order valence-corrected chi connectivity index (χ1v) is 6.97. The van der Waals surface area contributed by atoms with E-state index >= 15 is 0 Å². The average Bonchev–Trinajstić information content (AvgIpc) is 2.28. The molecule has 5 heteroatoms. The lowest BCUT2D eigenvalue weighted by Gasteiger charge is -2.27. The number of amides is 2. The van der Waals surface area contributed by atoms with Crippen LogP contribution >= 0.6 is 0 Å². The molecule has 112 valence electrons. The van der Waals surface area contributed by atoms with Crippen LogP contribution in [-0.4, -0.2) is 30.2 Å². The van der Waals surface area contributed by atoms with Gasteiger partial charge in [0.15, 0.2) is 0 Å². The van der Waals surface area contributed by atoms with Crippen molar-refractivity contribution in [1.29, 1.82) is 0 Å². The Morgan fingerprint density at radius 3 is 2.26 bits per heavy atom. The van der Waals surface area contributed by atoms with Crippen LogP contribution in [0.2, 0.25) is 0 Å². The summed E-state index contributed by atoms with van der Waals surface area (Å²) in [6, 6.07) is -0.144. The minimum absolute atomic E-state index is 0.144. The first kappa shape index (κ1) is 17.7. The Bertz CT molecular complexity index is 285. The summed E-state index contributed by atoms with van der Waals surface area (Å²) in [4.78, 5) is 21.8. The van der Waals surface area contributed by atoms with Gasteiger partial charge in [0, 0.05) is 19.5 Å². The van der Waals surface area contributed by atoms with Crippen molar-refractivity contribution in [3.8, 4) is 0 Å². The van der Waals surface area contributed by atoms with Crippen LogP contribution < -0.4 is 10.6 Å². The van der Waals surface area contributed by atoms with Crippen molar-refractivity contribution in [2.75, 3.05) is 13.1 Å². The molecule has 0 rings (SSSR count). The molecule has 0 fully saturated rings.